The fraction of sp³-hybridized carbons (Fsp3) is 0.167. The quantitative estimate of drug-likeness (QED) is 0.747. The summed E-state index contributed by atoms with van der Waals surface area (Å²) in [6.07, 6.45) is 4.41. The number of hydrogen-bond donors (Lipinski definition) is 1. The normalized spacial score (nSPS) is 10.5. The molecule has 0 aliphatic heterocycles. The van der Waals surface area contributed by atoms with Gasteiger partial charge < -0.3 is 5.73 Å². The maximum atomic E-state index is 5.28. The first-order valence-electron chi connectivity index (χ1n) is 4.35. The van der Waals surface area contributed by atoms with Crippen LogP contribution < -0.4 is 5.73 Å². The van der Waals surface area contributed by atoms with Gasteiger partial charge in [-0.15, -0.1) is 0 Å². The molecule has 0 spiro atoms. The summed E-state index contributed by atoms with van der Waals surface area (Å²) >= 11 is 0. The molecule has 1 aromatic rings. The maximum Gasteiger partial charge on any atom is -0.00801 e. The van der Waals surface area contributed by atoms with Crippen LogP contribution in [0.5, 0.6) is 0 Å². The first-order chi connectivity index (χ1) is 6.24. The molecule has 0 radical (unpaired) electrons. The van der Waals surface area contributed by atoms with Crippen molar-refractivity contribution in [3.8, 4) is 0 Å². The number of nitrogens with two attached hydrogens (primary N) is 1. The van der Waals surface area contributed by atoms with Crippen LogP contribution in [0.2, 0.25) is 0 Å². The van der Waals surface area contributed by atoms with Crippen molar-refractivity contribution in [1.82, 2.24) is 0 Å². The summed E-state index contributed by atoms with van der Waals surface area (Å²) in [5.74, 6) is 0. The second-order valence-corrected chi connectivity index (χ2v) is 3.11. The van der Waals surface area contributed by atoms with Gasteiger partial charge in [-0.25, -0.2) is 0 Å². The van der Waals surface area contributed by atoms with Crippen molar-refractivity contribution in [3.63, 3.8) is 0 Å². The average molecular weight is 173 g/mol. The lowest BCUT2D eigenvalue weighted by Crippen LogP contribution is -1.85. The van der Waals surface area contributed by atoms with Gasteiger partial charge in [-0.3, -0.25) is 0 Å². The fourth-order valence-electron chi connectivity index (χ4n) is 1.17. The van der Waals surface area contributed by atoms with E-state index in [9.17, 15) is 0 Å². The van der Waals surface area contributed by atoms with Crippen LogP contribution in [0.4, 0.5) is 0 Å². The van der Waals surface area contributed by atoms with Crippen LogP contribution in [0.25, 0.3) is 5.57 Å². The highest BCUT2D eigenvalue weighted by Crippen LogP contribution is 2.13. The van der Waals surface area contributed by atoms with Crippen LogP contribution in [0, 0.1) is 0 Å². The Morgan fingerprint density at radius 1 is 1.54 bits per heavy atom. The molecule has 1 nitrogen and oxygen atoms in total. The minimum Gasteiger partial charge on any atom is -0.405 e. The molecular formula is C12H15N. The van der Waals surface area contributed by atoms with Crippen molar-refractivity contribution in [2.24, 2.45) is 5.73 Å². The largest absolute Gasteiger partial charge is 0.405 e. The molecule has 0 fully saturated rings. The molecule has 0 aliphatic rings. The zero-order valence-electron chi connectivity index (χ0n) is 7.96. The van der Waals surface area contributed by atoms with E-state index in [1.165, 1.54) is 11.1 Å². The third kappa shape index (κ3) is 2.79. The minimum atomic E-state index is 0.887. The zero-order valence-corrected chi connectivity index (χ0v) is 7.96. The van der Waals surface area contributed by atoms with Gasteiger partial charge >= 0.3 is 0 Å². The van der Waals surface area contributed by atoms with E-state index in [1.807, 2.05) is 19.1 Å². The van der Waals surface area contributed by atoms with E-state index >= 15 is 0 Å². The zero-order chi connectivity index (χ0) is 9.68. The molecule has 0 aromatic heterocycles. The van der Waals surface area contributed by atoms with Gasteiger partial charge in [-0.2, -0.15) is 0 Å². The molecule has 13 heavy (non-hydrogen) atoms. The van der Waals surface area contributed by atoms with Crippen LogP contribution in [-0.4, -0.2) is 0 Å². The molecule has 68 valence electrons. The summed E-state index contributed by atoms with van der Waals surface area (Å²) in [4.78, 5) is 0. The predicted octanol–water partition coefficient (Wildman–Crippen LogP) is 2.73. The maximum absolute atomic E-state index is 5.28. The highest BCUT2D eigenvalue weighted by molar-refractivity contribution is 5.61. The average Bonchev–Trinajstić information content (AvgIpc) is 2.15. The van der Waals surface area contributed by atoms with E-state index in [1.54, 1.807) is 6.20 Å². The third-order valence-electron chi connectivity index (χ3n) is 1.91. The van der Waals surface area contributed by atoms with Gasteiger partial charge in [-0.05, 0) is 30.7 Å². The number of hydrogen-bond acceptors (Lipinski definition) is 1. The van der Waals surface area contributed by atoms with Gasteiger partial charge in [0.2, 0.25) is 0 Å². The molecule has 0 bridgehead atoms. The molecule has 0 unspecified atom stereocenters. The van der Waals surface area contributed by atoms with Gasteiger partial charge in [0.15, 0.2) is 0 Å². The van der Waals surface area contributed by atoms with Crippen LogP contribution in [0.1, 0.15) is 18.1 Å². The Morgan fingerprint density at radius 2 is 2.31 bits per heavy atom. The first kappa shape index (κ1) is 9.59. The van der Waals surface area contributed by atoms with Crippen LogP contribution in [0.15, 0.2) is 43.1 Å². The van der Waals surface area contributed by atoms with Crippen molar-refractivity contribution in [3.05, 3.63) is 54.2 Å². The van der Waals surface area contributed by atoms with Crippen LogP contribution in [-0.2, 0) is 6.42 Å². The Balaban J connectivity index is 2.85. The summed E-state index contributed by atoms with van der Waals surface area (Å²) < 4.78 is 0. The van der Waals surface area contributed by atoms with E-state index in [4.69, 9.17) is 5.73 Å². The molecule has 0 atom stereocenters. The lowest BCUT2D eigenvalue weighted by atomic mass is 10.0. The lowest BCUT2D eigenvalue weighted by molar-refractivity contribution is 1.25. The monoisotopic (exact) mass is 173 g/mol. The molecule has 0 saturated carbocycles. The van der Waals surface area contributed by atoms with Crippen LogP contribution >= 0.6 is 0 Å². The molecular weight excluding hydrogens is 158 g/mol. The molecule has 0 heterocycles. The topological polar surface area (TPSA) is 26.0 Å². The SMILES string of the molecule is C=C(C)c1cccc(C/C=C/N)c1. The standard InChI is InChI=1S/C12H15N/c1-10(2)12-7-3-5-11(9-12)6-4-8-13/h3-5,7-9H,1,6,13H2,2H3/b8-4+. The number of rotatable bonds is 3. The number of benzene rings is 1. The predicted molar refractivity (Wildman–Crippen MR) is 58.2 cm³/mol. The molecule has 0 saturated heterocycles. The lowest BCUT2D eigenvalue weighted by Gasteiger charge is -2.01. The van der Waals surface area contributed by atoms with Crippen molar-refractivity contribution in [2.45, 2.75) is 13.3 Å². The van der Waals surface area contributed by atoms with Crippen molar-refractivity contribution >= 4 is 5.57 Å². The summed E-state index contributed by atoms with van der Waals surface area (Å²) in [5.41, 5.74) is 8.84. The Kier molecular flexibility index (Phi) is 3.32. The highest BCUT2D eigenvalue weighted by atomic mass is 14.5. The second kappa shape index (κ2) is 4.51. The smallest absolute Gasteiger partial charge is 0.00801 e. The fourth-order valence-corrected chi connectivity index (χ4v) is 1.17. The molecule has 1 rings (SSSR count). The summed E-state index contributed by atoms with van der Waals surface area (Å²) in [6.45, 7) is 5.92. The van der Waals surface area contributed by atoms with Gasteiger partial charge in [0.1, 0.15) is 0 Å². The minimum absolute atomic E-state index is 0.887. The summed E-state index contributed by atoms with van der Waals surface area (Å²) in [5, 5.41) is 0. The van der Waals surface area contributed by atoms with E-state index in [-0.39, 0.29) is 0 Å². The summed E-state index contributed by atoms with van der Waals surface area (Å²) in [6, 6.07) is 8.34. The van der Waals surface area contributed by atoms with Gasteiger partial charge in [-0.1, -0.05) is 42.5 Å². The van der Waals surface area contributed by atoms with Crippen molar-refractivity contribution in [1.29, 1.82) is 0 Å². The van der Waals surface area contributed by atoms with E-state index < -0.39 is 0 Å². The molecule has 0 amide bonds. The van der Waals surface area contributed by atoms with Gasteiger partial charge in [0.25, 0.3) is 0 Å². The van der Waals surface area contributed by atoms with Gasteiger partial charge in [0.05, 0.1) is 0 Å². The van der Waals surface area contributed by atoms with E-state index in [2.05, 4.69) is 24.8 Å². The van der Waals surface area contributed by atoms with Crippen molar-refractivity contribution in [2.75, 3.05) is 0 Å². The molecule has 0 aliphatic carbocycles. The third-order valence-corrected chi connectivity index (χ3v) is 1.91. The Hall–Kier alpha value is -1.50. The molecule has 2 N–H and O–H groups in total. The van der Waals surface area contributed by atoms with Gasteiger partial charge in [0, 0.05) is 0 Å². The Bertz CT molecular complexity index is 324. The molecule has 1 aromatic carbocycles. The summed E-state index contributed by atoms with van der Waals surface area (Å²) in [7, 11) is 0. The molecule has 1 heteroatoms. The van der Waals surface area contributed by atoms with Crippen molar-refractivity contribution < 1.29 is 0 Å². The Labute approximate surface area is 79.6 Å². The van der Waals surface area contributed by atoms with E-state index in [0.717, 1.165) is 12.0 Å². The second-order valence-electron chi connectivity index (χ2n) is 3.11. The number of allylic oxidation sites excluding steroid dienone is 2. The highest BCUT2D eigenvalue weighted by Gasteiger charge is 1.94. The first-order valence-corrected chi connectivity index (χ1v) is 4.35. The Morgan fingerprint density at radius 3 is 2.92 bits per heavy atom. The van der Waals surface area contributed by atoms with Crippen LogP contribution in [0.3, 0.4) is 0 Å². The van der Waals surface area contributed by atoms with E-state index in [0.29, 0.717) is 0 Å².